The molecule has 2 aromatic rings. The zero-order valence-electron chi connectivity index (χ0n) is 20.8. The number of benzene rings is 2. The highest BCUT2D eigenvalue weighted by molar-refractivity contribution is 6.31. The van der Waals surface area contributed by atoms with E-state index in [1.54, 1.807) is 48.5 Å². The first kappa shape index (κ1) is 38.3. The normalized spacial score (nSPS) is 12.4. The monoisotopic (exact) mass is 590 g/mol. The second-order valence-electron chi connectivity index (χ2n) is 10.2. The van der Waals surface area contributed by atoms with E-state index in [1.807, 2.05) is 34.6 Å². The lowest BCUT2D eigenvalue weighted by Gasteiger charge is -2.25. The molecule has 200 valence electrons. The van der Waals surface area contributed by atoms with Gasteiger partial charge in [-0.3, -0.25) is 9.59 Å². The predicted molar refractivity (Wildman–Crippen MR) is 149 cm³/mol. The summed E-state index contributed by atoms with van der Waals surface area (Å²) in [6.07, 6.45) is 0. The van der Waals surface area contributed by atoms with E-state index >= 15 is 0 Å². The molecule has 7 heteroatoms. The quantitative estimate of drug-likeness (QED) is 0.502. The molecule has 0 aliphatic heterocycles. The van der Waals surface area contributed by atoms with E-state index < -0.39 is 0 Å². The average molecular weight is 592 g/mol. The lowest BCUT2D eigenvalue weighted by Crippen LogP contribution is -3.00. The second kappa shape index (κ2) is 16.5. The van der Waals surface area contributed by atoms with Gasteiger partial charge in [0.2, 0.25) is 5.78 Å². The van der Waals surface area contributed by atoms with Gasteiger partial charge >= 0.3 is 0 Å². The van der Waals surface area contributed by atoms with Crippen molar-refractivity contribution in [3.05, 3.63) is 69.7 Å². The van der Waals surface area contributed by atoms with Crippen LogP contribution in [0.1, 0.15) is 91.0 Å². The third-order valence-electron chi connectivity index (χ3n) is 4.42. The Morgan fingerprint density at radius 2 is 1.20 bits per heavy atom. The summed E-state index contributed by atoms with van der Waals surface area (Å²) in [6, 6.07) is 13.9. The summed E-state index contributed by atoms with van der Waals surface area (Å²) in [5.41, 5.74) is 1.30. The van der Waals surface area contributed by atoms with Gasteiger partial charge in [-0.15, -0.1) is 0 Å². The first-order valence-electron chi connectivity index (χ1n) is 10.8. The van der Waals surface area contributed by atoms with Crippen LogP contribution in [0.2, 0.25) is 10.0 Å². The maximum Gasteiger partial charge on any atom is 0.219 e. The van der Waals surface area contributed by atoms with Crippen LogP contribution in [0, 0.1) is 0 Å². The Bertz CT molecular complexity index is 846. The number of Topliss-reactive ketones (excluding diaryl/α,β-unsaturated/α-hetero) is 2. The van der Waals surface area contributed by atoms with Crippen molar-refractivity contribution < 1.29 is 31.9 Å². The molecule has 0 saturated carbocycles. The van der Waals surface area contributed by atoms with E-state index in [9.17, 15) is 9.59 Å². The second-order valence-corrected chi connectivity index (χ2v) is 11.1. The summed E-state index contributed by atoms with van der Waals surface area (Å²) in [7, 11) is 0. The number of hydrogen-bond acceptors (Lipinski definition) is 3. The van der Waals surface area contributed by atoms with Gasteiger partial charge in [0.05, 0.1) is 11.6 Å². The lowest BCUT2D eigenvalue weighted by molar-refractivity contribution is -0.732. The number of ketones is 2. The topological polar surface area (TPSA) is 62.8 Å². The zero-order valence-corrected chi connectivity index (χ0v) is 23.9. The fourth-order valence-corrected chi connectivity index (χ4v) is 3.72. The highest BCUT2D eigenvalue weighted by Gasteiger charge is 2.24. The molecule has 0 fully saturated rings. The average Bonchev–Trinajstić information content (AvgIpc) is 2.64. The maximum atomic E-state index is 12.1. The van der Waals surface area contributed by atoms with Crippen molar-refractivity contribution >= 4 is 34.8 Å². The fourth-order valence-electron chi connectivity index (χ4n) is 3.34. The maximum absolute atomic E-state index is 12.1. The van der Waals surface area contributed by atoms with Crippen LogP contribution >= 0.6 is 23.2 Å². The minimum absolute atomic E-state index is 0. The largest absolute Gasteiger partial charge is 1.00 e. The van der Waals surface area contributed by atoms with Crippen molar-refractivity contribution in [1.29, 1.82) is 0 Å². The molecule has 0 aliphatic rings. The molecule has 2 atom stereocenters. The van der Waals surface area contributed by atoms with Crippen LogP contribution in [0.3, 0.4) is 0 Å². The molecule has 35 heavy (non-hydrogen) atoms. The van der Waals surface area contributed by atoms with Crippen molar-refractivity contribution in [2.24, 2.45) is 0 Å². The van der Waals surface area contributed by atoms with Crippen LogP contribution in [0.5, 0.6) is 0 Å². The van der Waals surface area contributed by atoms with Crippen LogP contribution in [0.15, 0.2) is 48.5 Å². The van der Waals surface area contributed by atoms with Crippen LogP contribution in [0.25, 0.3) is 0 Å². The SMILES string of the molecule is C.C.CC(NC(C)(C)C)C(=O)c1cccc(Cl)c1.CC([NH2+]C(C)(C)C)C(=O)c1cccc(Cl)c1.[Br-]. The Hall–Kier alpha value is -1.24. The van der Waals surface area contributed by atoms with Crippen LogP contribution in [0.4, 0.5) is 0 Å². The van der Waals surface area contributed by atoms with Gasteiger partial charge in [-0.2, -0.15) is 0 Å². The van der Waals surface area contributed by atoms with E-state index in [-0.39, 0.29) is 66.6 Å². The molecular formula is C28H45BrCl2N2O2. The van der Waals surface area contributed by atoms with Crippen molar-refractivity contribution in [1.82, 2.24) is 5.32 Å². The Morgan fingerprint density at radius 3 is 1.54 bits per heavy atom. The number of rotatable bonds is 6. The number of nitrogens with one attached hydrogen (secondary N) is 1. The summed E-state index contributed by atoms with van der Waals surface area (Å²) >= 11 is 11.7. The van der Waals surface area contributed by atoms with Crippen LogP contribution in [-0.2, 0) is 0 Å². The van der Waals surface area contributed by atoms with E-state index in [0.717, 1.165) is 0 Å². The van der Waals surface area contributed by atoms with Gasteiger partial charge in [-0.1, -0.05) is 62.3 Å². The Kier molecular flexibility index (Phi) is 18.0. The van der Waals surface area contributed by atoms with Crippen molar-refractivity contribution in [3.8, 4) is 0 Å². The van der Waals surface area contributed by atoms with E-state index in [2.05, 4.69) is 31.4 Å². The molecule has 2 aromatic carbocycles. The highest BCUT2D eigenvalue weighted by Crippen LogP contribution is 2.14. The Morgan fingerprint density at radius 1 is 0.800 bits per heavy atom. The molecule has 0 aliphatic carbocycles. The molecular weight excluding hydrogens is 547 g/mol. The molecule has 0 aromatic heterocycles. The van der Waals surface area contributed by atoms with Gasteiger partial charge in [0, 0.05) is 26.7 Å². The summed E-state index contributed by atoms with van der Waals surface area (Å²) in [4.78, 5) is 24.1. The molecule has 0 saturated heterocycles. The fraction of sp³-hybridized carbons (Fsp3) is 0.500. The van der Waals surface area contributed by atoms with E-state index in [0.29, 0.717) is 21.2 Å². The molecule has 0 spiro atoms. The highest BCUT2D eigenvalue weighted by atomic mass is 79.9. The molecule has 0 heterocycles. The van der Waals surface area contributed by atoms with Crippen molar-refractivity contribution in [2.75, 3.05) is 0 Å². The van der Waals surface area contributed by atoms with Crippen molar-refractivity contribution in [3.63, 3.8) is 0 Å². The van der Waals surface area contributed by atoms with Crippen molar-refractivity contribution in [2.45, 2.75) is 93.4 Å². The predicted octanol–water partition coefficient (Wildman–Crippen LogP) is 3.85. The lowest BCUT2D eigenvalue weighted by atomic mass is 10.0. The Labute approximate surface area is 234 Å². The number of hydrogen-bond donors (Lipinski definition) is 2. The van der Waals surface area contributed by atoms with E-state index in [1.165, 1.54) is 0 Å². The summed E-state index contributed by atoms with van der Waals surface area (Å²) in [5, 5.41) is 6.51. The van der Waals surface area contributed by atoms with Gasteiger partial charge in [0.1, 0.15) is 6.04 Å². The third kappa shape index (κ3) is 15.5. The van der Waals surface area contributed by atoms with Crippen LogP contribution < -0.4 is 27.6 Å². The zero-order chi connectivity index (χ0) is 24.7. The van der Waals surface area contributed by atoms with Gasteiger partial charge in [0.25, 0.3) is 0 Å². The Balaban J connectivity index is -0.000000539. The number of halogens is 3. The summed E-state index contributed by atoms with van der Waals surface area (Å²) in [6.45, 7) is 16.2. The first-order valence-corrected chi connectivity index (χ1v) is 11.6. The summed E-state index contributed by atoms with van der Waals surface area (Å²) in [5.74, 6) is 0.190. The third-order valence-corrected chi connectivity index (χ3v) is 4.89. The van der Waals surface area contributed by atoms with Gasteiger partial charge < -0.3 is 27.6 Å². The smallest absolute Gasteiger partial charge is 0.219 e. The molecule has 4 nitrogen and oxygen atoms in total. The number of carbonyl (C=O) groups excluding carboxylic acids is 2. The number of carbonyl (C=O) groups is 2. The molecule has 0 amide bonds. The molecule has 3 N–H and O–H groups in total. The molecule has 2 unspecified atom stereocenters. The van der Waals surface area contributed by atoms with Gasteiger partial charge in [-0.25, -0.2) is 0 Å². The first-order chi connectivity index (χ1) is 14.6. The molecule has 0 radical (unpaired) electrons. The van der Waals surface area contributed by atoms with Gasteiger partial charge in [0.15, 0.2) is 5.78 Å². The minimum atomic E-state index is -0.210. The van der Waals surface area contributed by atoms with Gasteiger partial charge in [-0.05, 0) is 79.7 Å². The van der Waals surface area contributed by atoms with Crippen LogP contribution in [-0.4, -0.2) is 34.7 Å². The molecule has 2 rings (SSSR count). The summed E-state index contributed by atoms with van der Waals surface area (Å²) < 4.78 is 0. The van der Waals surface area contributed by atoms with E-state index in [4.69, 9.17) is 23.2 Å². The minimum Gasteiger partial charge on any atom is -1.00 e. The standard InChI is InChI=1S/2C13H18ClNO.2CH4.BrH/c2*1-9(15-13(2,3)4)12(16)10-6-5-7-11(14)8-10;;;/h2*5-9,15H,1-4H3;2*1H4;1H. The number of nitrogens with two attached hydrogens (primary N) is 1. The number of quaternary nitrogens is 1. The molecule has 0 bridgehead atoms.